The van der Waals surface area contributed by atoms with Crippen molar-refractivity contribution in [2.45, 2.75) is 75.6 Å². The van der Waals surface area contributed by atoms with Gasteiger partial charge in [-0.25, -0.2) is 13.2 Å². The highest BCUT2D eigenvalue weighted by molar-refractivity contribution is 7.89. The maximum Gasteiger partial charge on any atom is 0.407 e. The van der Waals surface area contributed by atoms with Gasteiger partial charge in [-0.1, -0.05) is 74.5 Å². The van der Waals surface area contributed by atoms with Crippen molar-refractivity contribution in [3.63, 3.8) is 0 Å². The van der Waals surface area contributed by atoms with Crippen LogP contribution in [0.1, 0.15) is 44.2 Å². The molecule has 2 saturated heterocycles. The molecule has 2 aliphatic rings. The van der Waals surface area contributed by atoms with E-state index in [1.54, 1.807) is 12.1 Å². The van der Waals surface area contributed by atoms with Crippen LogP contribution >= 0.6 is 0 Å². The molecule has 5 atom stereocenters. The predicted octanol–water partition coefficient (Wildman–Crippen LogP) is 5.05. The van der Waals surface area contributed by atoms with Crippen LogP contribution in [-0.4, -0.2) is 74.8 Å². The molecule has 1 amide bonds. The molecule has 12 heteroatoms. The van der Waals surface area contributed by atoms with Gasteiger partial charge in [0.2, 0.25) is 10.0 Å². The van der Waals surface area contributed by atoms with Crippen LogP contribution in [0.2, 0.25) is 0 Å². The molecule has 0 aromatic heterocycles. The van der Waals surface area contributed by atoms with Gasteiger partial charge in [-0.05, 0) is 60.1 Å². The van der Waals surface area contributed by atoms with Crippen LogP contribution in [0.15, 0.2) is 89.8 Å². The molecular formula is C37H45N3O8S. The summed E-state index contributed by atoms with van der Waals surface area (Å²) in [6.07, 6.45) is -1.28. The number of sulfonamides is 1. The third kappa shape index (κ3) is 10.0. The average molecular weight is 692 g/mol. The van der Waals surface area contributed by atoms with Crippen LogP contribution in [0, 0.1) is 22.7 Å². The molecule has 5 rings (SSSR count). The first-order valence-electron chi connectivity index (χ1n) is 16.6. The fraction of sp³-hybridized carbons (Fsp3) is 0.459. The number of hydrogen-bond acceptors (Lipinski definition) is 9. The highest BCUT2D eigenvalue weighted by atomic mass is 32.2. The predicted molar refractivity (Wildman–Crippen MR) is 182 cm³/mol. The monoisotopic (exact) mass is 691 g/mol. The second kappa shape index (κ2) is 16.6. The Kier molecular flexibility index (Phi) is 12.3. The summed E-state index contributed by atoms with van der Waals surface area (Å²) in [6, 6.07) is 26.4. The Morgan fingerprint density at radius 2 is 1.71 bits per heavy atom. The first-order valence-corrected chi connectivity index (χ1v) is 18.0. The molecule has 0 spiro atoms. The highest BCUT2D eigenvalue weighted by Gasteiger charge is 2.44. The Balaban J connectivity index is 1.34. The third-order valence-electron chi connectivity index (χ3n) is 8.93. The van der Waals surface area contributed by atoms with E-state index < -0.39 is 46.1 Å². The van der Waals surface area contributed by atoms with Crippen molar-refractivity contribution >= 4 is 16.1 Å². The topological polar surface area (TPSA) is 147 Å². The number of aliphatic hydroxyl groups excluding tert-OH is 1. The SMILES string of the molecule is CC(C)(CCC#N)CN(C[C@@H](O)[C@H](Cc1ccccc1)NC(=O)OC1COC2OCCC12)S(=O)(=O)c1ccc(OCc2ccccc2)cc1. The van der Waals surface area contributed by atoms with Crippen LogP contribution in [0.25, 0.3) is 0 Å². The number of nitriles is 1. The Labute approximate surface area is 288 Å². The number of amides is 1. The van der Waals surface area contributed by atoms with Crippen molar-refractivity contribution in [3.05, 3.63) is 96.1 Å². The van der Waals surface area contributed by atoms with Crippen molar-refractivity contribution < 1.29 is 37.3 Å². The largest absolute Gasteiger partial charge is 0.489 e. The van der Waals surface area contributed by atoms with Crippen LogP contribution in [0.5, 0.6) is 5.75 Å². The van der Waals surface area contributed by atoms with E-state index in [4.69, 9.17) is 18.9 Å². The molecule has 0 radical (unpaired) electrons. The van der Waals surface area contributed by atoms with E-state index in [0.29, 0.717) is 31.8 Å². The molecule has 2 fully saturated rings. The highest BCUT2D eigenvalue weighted by Crippen LogP contribution is 2.33. The molecule has 11 nitrogen and oxygen atoms in total. The summed E-state index contributed by atoms with van der Waals surface area (Å²) in [5, 5.41) is 23.8. The summed E-state index contributed by atoms with van der Waals surface area (Å²) in [6.45, 7) is 4.58. The maximum atomic E-state index is 14.2. The fourth-order valence-corrected chi connectivity index (χ4v) is 7.80. The van der Waals surface area contributed by atoms with Gasteiger partial charge >= 0.3 is 6.09 Å². The van der Waals surface area contributed by atoms with Crippen molar-refractivity contribution in [3.8, 4) is 11.8 Å². The molecule has 0 saturated carbocycles. The Morgan fingerprint density at radius 3 is 2.39 bits per heavy atom. The zero-order valence-electron chi connectivity index (χ0n) is 27.9. The summed E-state index contributed by atoms with van der Waals surface area (Å²) >= 11 is 0. The number of ether oxygens (including phenoxy) is 4. The van der Waals surface area contributed by atoms with Crippen LogP contribution < -0.4 is 10.1 Å². The number of benzene rings is 3. The van der Waals surface area contributed by atoms with E-state index in [2.05, 4.69) is 11.4 Å². The van der Waals surface area contributed by atoms with Gasteiger partial charge in [-0.2, -0.15) is 9.57 Å². The van der Waals surface area contributed by atoms with E-state index in [-0.39, 0.29) is 43.4 Å². The van der Waals surface area contributed by atoms with Gasteiger partial charge in [-0.3, -0.25) is 0 Å². The van der Waals surface area contributed by atoms with Crippen molar-refractivity contribution in [2.75, 3.05) is 26.3 Å². The van der Waals surface area contributed by atoms with E-state index >= 15 is 0 Å². The molecule has 3 aromatic carbocycles. The van der Waals surface area contributed by atoms with E-state index in [1.165, 1.54) is 16.4 Å². The third-order valence-corrected chi connectivity index (χ3v) is 10.8. The molecule has 3 unspecified atom stereocenters. The number of rotatable bonds is 16. The normalized spacial score (nSPS) is 20.3. The number of nitrogens with zero attached hydrogens (tertiary/aromatic N) is 2. The lowest BCUT2D eigenvalue weighted by Crippen LogP contribution is -2.52. The number of carbonyl (C=O) groups is 1. The van der Waals surface area contributed by atoms with Gasteiger partial charge in [-0.15, -0.1) is 0 Å². The van der Waals surface area contributed by atoms with Gasteiger partial charge in [0, 0.05) is 19.5 Å². The number of aliphatic hydroxyl groups is 1. The van der Waals surface area contributed by atoms with Crippen LogP contribution in [-0.2, 0) is 37.3 Å². The van der Waals surface area contributed by atoms with Gasteiger partial charge < -0.3 is 29.4 Å². The molecular weight excluding hydrogens is 646 g/mol. The number of fused-ring (bicyclic) bond motifs is 1. The standard InChI is InChI=1S/C37H45N3O8S/c1-37(2,19-9-20-38)26-40(49(43,44)30-16-14-29(15-17-30)46-24-28-12-7-4-8-13-28)23-33(41)32(22-27-10-5-3-6-11-27)39-36(42)48-34-25-47-35-31(34)18-21-45-35/h3-8,10-17,31-35,41H,9,18-19,21-26H2,1-2H3,(H,39,42)/t31?,32-,33+,34?,35?/m0/s1. The number of nitrogens with one attached hydrogen (secondary N) is 1. The minimum absolute atomic E-state index is 0.0318. The van der Waals surface area contributed by atoms with Crippen molar-refractivity contribution in [1.29, 1.82) is 5.26 Å². The first kappa shape index (κ1) is 36.3. The van der Waals surface area contributed by atoms with Crippen molar-refractivity contribution in [1.82, 2.24) is 9.62 Å². The molecule has 2 heterocycles. The number of carbonyl (C=O) groups excluding carboxylic acids is 1. The molecule has 49 heavy (non-hydrogen) atoms. The zero-order valence-corrected chi connectivity index (χ0v) is 28.8. The van der Waals surface area contributed by atoms with Crippen molar-refractivity contribution in [2.24, 2.45) is 11.3 Å². The number of alkyl carbamates (subject to hydrolysis) is 1. The second-order valence-corrected chi connectivity index (χ2v) is 15.3. The lowest BCUT2D eigenvalue weighted by atomic mass is 9.88. The van der Waals surface area contributed by atoms with Gasteiger partial charge in [0.05, 0.1) is 42.2 Å². The lowest BCUT2D eigenvalue weighted by molar-refractivity contribution is -0.0907. The summed E-state index contributed by atoms with van der Waals surface area (Å²) in [4.78, 5) is 13.2. The van der Waals surface area contributed by atoms with Crippen LogP contribution in [0.3, 0.4) is 0 Å². The van der Waals surface area contributed by atoms with E-state index in [1.807, 2.05) is 74.5 Å². The van der Waals surface area contributed by atoms with Gasteiger partial charge in [0.1, 0.15) is 18.5 Å². The summed E-state index contributed by atoms with van der Waals surface area (Å²) in [7, 11) is -4.14. The Morgan fingerprint density at radius 1 is 1.04 bits per heavy atom. The molecule has 0 aliphatic carbocycles. The quantitative estimate of drug-likeness (QED) is 0.211. The van der Waals surface area contributed by atoms with E-state index in [9.17, 15) is 23.6 Å². The van der Waals surface area contributed by atoms with Gasteiger partial charge in [0.25, 0.3) is 0 Å². The van der Waals surface area contributed by atoms with E-state index in [0.717, 1.165) is 11.1 Å². The lowest BCUT2D eigenvalue weighted by Gasteiger charge is -2.35. The average Bonchev–Trinajstić information content (AvgIpc) is 3.72. The number of hydrogen-bond donors (Lipinski definition) is 2. The van der Waals surface area contributed by atoms with Crippen LogP contribution in [0.4, 0.5) is 4.79 Å². The first-order chi connectivity index (χ1) is 23.5. The fourth-order valence-electron chi connectivity index (χ4n) is 6.15. The molecule has 2 N–H and O–H groups in total. The summed E-state index contributed by atoms with van der Waals surface area (Å²) in [5.74, 6) is 0.451. The maximum absolute atomic E-state index is 14.2. The summed E-state index contributed by atoms with van der Waals surface area (Å²) in [5.41, 5.74) is 1.23. The molecule has 2 aliphatic heterocycles. The summed E-state index contributed by atoms with van der Waals surface area (Å²) < 4.78 is 52.4. The molecule has 0 bridgehead atoms. The smallest absolute Gasteiger partial charge is 0.407 e. The molecule has 3 aromatic rings. The Hall–Kier alpha value is -3.99. The van der Waals surface area contributed by atoms with Gasteiger partial charge in [0.15, 0.2) is 6.29 Å². The minimum Gasteiger partial charge on any atom is -0.489 e. The Bertz CT molecular complexity index is 1650. The minimum atomic E-state index is -4.14. The zero-order chi connectivity index (χ0) is 34.9. The molecule has 262 valence electrons. The second-order valence-electron chi connectivity index (χ2n) is 13.3.